The number of halogens is 2. The zero-order chi connectivity index (χ0) is 15.6. The maximum Gasteiger partial charge on any atom is 0.240 e. The minimum Gasteiger partial charge on any atom is -0.207 e. The van der Waals surface area contributed by atoms with Crippen molar-refractivity contribution in [3.05, 3.63) is 63.4 Å². The molecule has 0 saturated carbocycles. The zero-order valence-electron chi connectivity index (χ0n) is 11.7. The SMILES string of the molecule is Cc1cc(CNS(=O)(=O)c2ccc(Br)cc2)cc(C)c1F. The third kappa shape index (κ3) is 3.90. The lowest BCUT2D eigenvalue weighted by Gasteiger charge is -2.09. The van der Waals surface area contributed by atoms with E-state index in [9.17, 15) is 12.8 Å². The molecule has 0 radical (unpaired) electrons. The van der Waals surface area contributed by atoms with Crippen LogP contribution in [0.3, 0.4) is 0 Å². The number of hydrogen-bond donors (Lipinski definition) is 1. The van der Waals surface area contributed by atoms with Gasteiger partial charge in [-0.3, -0.25) is 0 Å². The van der Waals surface area contributed by atoms with Gasteiger partial charge in [-0.1, -0.05) is 28.1 Å². The smallest absolute Gasteiger partial charge is 0.207 e. The maximum absolute atomic E-state index is 13.5. The van der Waals surface area contributed by atoms with Gasteiger partial charge in [0.15, 0.2) is 0 Å². The molecule has 2 aromatic rings. The highest BCUT2D eigenvalue weighted by atomic mass is 79.9. The van der Waals surface area contributed by atoms with Crippen LogP contribution in [-0.2, 0) is 16.6 Å². The van der Waals surface area contributed by atoms with E-state index in [0.717, 1.165) is 10.0 Å². The van der Waals surface area contributed by atoms with Crippen LogP contribution >= 0.6 is 15.9 Å². The summed E-state index contributed by atoms with van der Waals surface area (Å²) in [6.07, 6.45) is 0. The van der Waals surface area contributed by atoms with Gasteiger partial charge in [-0.15, -0.1) is 0 Å². The lowest BCUT2D eigenvalue weighted by Crippen LogP contribution is -2.23. The first kappa shape index (κ1) is 16.1. The third-order valence-electron chi connectivity index (χ3n) is 3.09. The fourth-order valence-electron chi connectivity index (χ4n) is 2.01. The number of rotatable bonds is 4. The van der Waals surface area contributed by atoms with Gasteiger partial charge in [-0.25, -0.2) is 17.5 Å². The van der Waals surface area contributed by atoms with E-state index in [1.165, 1.54) is 12.1 Å². The Bertz CT molecular complexity index is 735. The van der Waals surface area contributed by atoms with Crippen LogP contribution in [-0.4, -0.2) is 8.42 Å². The standard InChI is InChI=1S/C15H15BrFNO2S/c1-10-7-12(8-11(2)15(10)17)9-18-21(19,20)14-5-3-13(16)4-6-14/h3-8,18H,9H2,1-2H3. The van der Waals surface area contributed by atoms with Crippen LogP contribution in [0.1, 0.15) is 16.7 Å². The molecule has 0 unspecified atom stereocenters. The zero-order valence-corrected chi connectivity index (χ0v) is 14.1. The second-order valence-corrected chi connectivity index (χ2v) is 7.50. The van der Waals surface area contributed by atoms with Crippen LogP contribution < -0.4 is 4.72 Å². The Kier molecular flexibility index (Phi) is 4.81. The quantitative estimate of drug-likeness (QED) is 0.890. The highest BCUT2D eigenvalue weighted by molar-refractivity contribution is 9.10. The second kappa shape index (κ2) is 6.25. The van der Waals surface area contributed by atoms with E-state index >= 15 is 0 Å². The van der Waals surface area contributed by atoms with E-state index in [1.807, 2.05) is 0 Å². The summed E-state index contributed by atoms with van der Waals surface area (Å²) in [4.78, 5) is 0.196. The fourth-order valence-corrected chi connectivity index (χ4v) is 3.30. The largest absolute Gasteiger partial charge is 0.240 e. The van der Waals surface area contributed by atoms with Gasteiger partial charge in [0.2, 0.25) is 10.0 Å². The monoisotopic (exact) mass is 371 g/mol. The van der Waals surface area contributed by atoms with Crippen molar-refractivity contribution >= 4 is 26.0 Å². The number of sulfonamides is 1. The molecule has 0 aromatic heterocycles. The Morgan fingerprint density at radius 2 is 1.62 bits per heavy atom. The Balaban J connectivity index is 2.17. The Hall–Kier alpha value is -1.24. The van der Waals surface area contributed by atoms with E-state index in [-0.39, 0.29) is 17.3 Å². The molecule has 0 spiro atoms. The summed E-state index contributed by atoms with van der Waals surface area (Å²) in [5.74, 6) is -0.255. The van der Waals surface area contributed by atoms with Gasteiger partial charge in [0.25, 0.3) is 0 Å². The summed E-state index contributed by atoms with van der Waals surface area (Å²) in [6.45, 7) is 3.45. The topological polar surface area (TPSA) is 46.2 Å². The van der Waals surface area contributed by atoms with Crippen LogP contribution in [0.4, 0.5) is 4.39 Å². The van der Waals surface area contributed by atoms with Crippen molar-refractivity contribution in [1.82, 2.24) is 4.72 Å². The van der Waals surface area contributed by atoms with Crippen molar-refractivity contribution < 1.29 is 12.8 Å². The van der Waals surface area contributed by atoms with Gasteiger partial charge < -0.3 is 0 Å². The molecule has 0 heterocycles. The Morgan fingerprint density at radius 3 is 2.14 bits per heavy atom. The molecular weight excluding hydrogens is 357 g/mol. The van der Waals surface area contributed by atoms with Crippen molar-refractivity contribution in [1.29, 1.82) is 0 Å². The van der Waals surface area contributed by atoms with Gasteiger partial charge in [0.1, 0.15) is 5.82 Å². The van der Waals surface area contributed by atoms with E-state index in [4.69, 9.17) is 0 Å². The third-order valence-corrected chi connectivity index (χ3v) is 5.03. The van der Waals surface area contributed by atoms with Crippen molar-refractivity contribution in [3.8, 4) is 0 Å². The number of benzene rings is 2. The molecule has 0 bridgehead atoms. The maximum atomic E-state index is 13.5. The molecule has 0 fully saturated rings. The number of nitrogens with one attached hydrogen (secondary N) is 1. The van der Waals surface area contributed by atoms with Crippen molar-refractivity contribution in [2.24, 2.45) is 0 Å². The van der Waals surface area contributed by atoms with Crippen molar-refractivity contribution in [2.45, 2.75) is 25.3 Å². The first-order valence-corrected chi connectivity index (χ1v) is 8.58. The minimum absolute atomic E-state index is 0.125. The summed E-state index contributed by atoms with van der Waals surface area (Å²) in [7, 11) is -3.58. The molecule has 0 saturated heterocycles. The lowest BCUT2D eigenvalue weighted by atomic mass is 10.1. The van der Waals surface area contributed by atoms with Gasteiger partial charge >= 0.3 is 0 Å². The van der Waals surface area contributed by atoms with Gasteiger partial charge in [-0.2, -0.15) is 0 Å². The van der Waals surface area contributed by atoms with Gasteiger partial charge in [0, 0.05) is 11.0 Å². The van der Waals surface area contributed by atoms with E-state index < -0.39 is 10.0 Å². The molecule has 0 aliphatic rings. The van der Waals surface area contributed by atoms with Crippen molar-refractivity contribution in [3.63, 3.8) is 0 Å². The predicted molar refractivity (Wildman–Crippen MR) is 84.0 cm³/mol. The molecule has 2 rings (SSSR count). The summed E-state index contributed by atoms with van der Waals surface area (Å²) in [6, 6.07) is 9.67. The summed E-state index contributed by atoms with van der Waals surface area (Å²) >= 11 is 3.26. The average Bonchev–Trinajstić information content (AvgIpc) is 2.43. The van der Waals surface area contributed by atoms with Crippen LogP contribution in [0.5, 0.6) is 0 Å². The molecule has 0 aliphatic carbocycles. The van der Waals surface area contributed by atoms with Crippen LogP contribution in [0.15, 0.2) is 45.8 Å². The molecular formula is C15H15BrFNO2S. The molecule has 0 amide bonds. The highest BCUT2D eigenvalue weighted by Crippen LogP contribution is 2.17. The number of aryl methyl sites for hydroxylation is 2. The fraction of sp³-hybridized carbons (Fsp3) is 0.200. The average molecular weight is 372 g/mol. The summed E-state index contributed by atoms with van der Waals surface area (Å²) in [5, 5.41) is 0. The van der Waals surface area contributed by atoms with Crippen LogP contribution in [0, 0.1) is 19.7 Å². The molecule has 6 heteroatoms. The first-order valence-electron chi connectivity index (χ1n) is 6.30. The Morgan fingerprint density at radius 1 is 1.10 bits per heavy atom. The Labute approximate surface area is 132 Å². The van der Waals surface area contributed by atoms with Crippen molar-refractivity contribution in [2.75, 3.05) is 0 Å². The van der Waals surface area contributed by atoms with E-state index in [0.29, 0.717) is 11.1 Å². The molecule has 21 heavy (non-hydrogen) atoms. The van der Waals surface area contributed by atoms with E-state index in [1.54, 1.807) is 38.1 Å². The lowest BCUT2D eigenvalue weighted by molar-refractivity contribution is 0.581. The molecule has 3 nitrogen and oxygen atoms in total. The second-order valence-electron chi connectivity index (χ2n) is 4.82. The van der Waals surface area contributed by atoms with Crippen LogP contribution in [0.25, 0.3) is 0 Å². The number of hydrogen-bond acceptors (Lipinski definition) is 2. The molecule has 1 N–H and O–H groups in total. The summed E-state index contributed by atoms with van der Waals surface area (Å²) < 4.78 is 41.2. The minimum atomic E-state index is -3.58. The highest BCUT2D eigenvalue weighted by Gasteiger charge is 2.14. The molecule has 0 atom stereocenters. The molecule has 112 valence electrons. The van der Waals surface area contributed by atoms with E-state index in [2.05, 4.69) is 20.7 Å². The summed E-state index contributed by atoms with van der Waals surface area (Å²) in [5.41, 5.74) is 1.74. The van der Waals surface area contributed by atoms with Gasteiger partial charge in [0.05, 0.1) is 4.90 Å². The predicted octanol–water partition coefficient (Wildman–Crippen LogP) is 3.68. The van der Waals surface area contributed by atoms with Gasteiger partial charge in [-0.05, 0) is 54.8 Å². The molecule has 2 aromatic carbocycles. The van der Waals surface area contributed by atoms with Crippen LogP contribution in [0.2, 0.25) is 0 Å². The first-order chi connectivity index (χ1) is 9.79. The molecule has 0 aliphatic heterocycles. The normalized spacial score (nSPS) is 11.6.